The Balaban J connectivity index is 0.000000266. The number of carboxylic acids is 1. The van der Waals surface area contributed by atoms with Crippen LogP contribution in [0.5, 0.6) is 23.0 Å². The molecule has 3 aromatic carbocycles. The third-order valence-corrected chi connectivity index (χ3v) is 8.16. The fourth-order valence-corrected chi connectivity index (χ4v) is 5.88. The molecule has 3 aromatic rings. The Labute approximate surface area is 243 Å². The molecule has 0 bridgehead atoms. The highest BCUT2D eigenvalue weighted by Gasteiger charge is 2.34. The van der Waals surface area contributed by atoms with Gasteiger partial charge >= 0.3 is 5.97 Å². The monoisotopic (exact) mass is 589 g/mol. The van der Waals surface area contributed by atoms with Crippen LogP contribution in [0.4, 0.5) is 0 Å². The first-order chi connectivity index (χ1) is 20.1. The standard InChI is InChI=1S/C24H27NO4.C6H12O7/c1-26-21-9-16-15-8-14-6-5-7-25(14)13-20(15)19-12-24(29-4)23(28-3)11-18(19)17(16)10-22(21)27-2;7-1-2(8)3(9)4(10)5(11)6(12)13/h9-12,14H,5-8,13H2,1-4H3;2-5,7-11H,1H2,(H,12,13). The Morgan fingerprint density at radius 1 is 0.810 bits per heavy atom. The molecule has 230 valence electrons. The fraction of sp³-hybridized carbons (Fsp3) is 0.500. The largest absolute Gasteiger partial charge is 0.493 e. The Kier molecular flexibility index (Phi) is 9.97. The SMILES string of the molecule is COc1cc2c3c(c4cc(OC)c(OC)cc4c2cc1OC)CN1CCCC1C3.O=C(O)C(O)C(O)C(O)C(O)CO. The van der Waals surface area contributed by atoms with E-state index >= 15 is 0 Å². The molecule has 0 amide bonds. The van der Waals surface area contributed by atoms with Crippen LogP contribution in [0, 0.1) is 0 Å². The summed E-state index contributed by atoms with van der Waals surface area (Å²) >= 11 is 0. The van der Waals surface area contributed by atoms with Crippen molar-refractivity contribution in [2.45, 2.75) is 56.3 Å². The molecular weight excluding hydrogens is 550 g/mol. The molecule has 5 rings (SSSR count). The zero-order chi connectivity index (χ0) is 30.7. The van der Waals surface area contributed by atoms with Crippen LogP contribution in [-0.2, 0) is 17.8 Å². The quantitative estimate of drug-likeness (QED) is 0.196. The van der Waals surface area contributed by atoms with E-state index in [1.807, 2.05) is 0 Å². The number of rotatable bonds is 9. The number of hydrogen-bond donors (Lipinski definition) is 6. The van der Waals surface area contributed by atoms with Crippen molar-refractivity contribution >= 4 is 27.5 Å². The third kappa shape index (κ3) is 5.91. The van der Waals surface area contributed by atoms with Crippen molar-refractivity contribution in [1.82, 2.24) is 4.90 Å². The lowest BCUT2D eigenvalue weighted by Gasteiger charge is -2.33. The number of aliphatic hydroxyl groups excluding tert-OH is 5. The first-order valence-electron chi connectivity index (χ1n) is 13.6. The van der Waals surface area contributed by atoms with Crippen LogP contribution in [0.25, 0.3) is 21.5 Å². The fourth-order valence-electron chi connectivity index (χ4n) is 5.88. The number of aliphatic carboxylic acids is 1. The number of methoxy groups -OCH3 is 4. The van der Waals surface area contributed by atoms with E-state index < -0.39 is 37.0 Å². The molecule has 6 N–H and O–H groups in total. The van der Waals surface area contributed by atoms with Gasteiger partial charge in [0.05, 0.1) is 35.0 Å². The number of carboxylic acid groups (broad SMARTS) is 1. The molecule has 0 aromatic heterocycles. The summed E-state index contributed by atoms with van der Waals surface area (Å²) in [5, 5.41) is 56.6. The van der Waals surface area contributed by atoms with Gasteiger partial charge in [0.15, 0.2) is 29.1 Å². The van der Waals surface area contributed by atoms with E-state index in [0.717, 1.165) is 41.3 Å². The predicted octanol–water partition coefficient (Wildman–Crippen LogP) is 1.05. The molecule has 2 aliphatic heterocycles. The van der Waals surface area contributed by atoms with Crippen LogP contribution in [0.3, 0.4) is 0 Å². The molecule has 5 unspecified atom stereocenters. The first kappa shape index (κ1) is 31.5. The average molecular weight is 590 g/mol. The molecular formula is C30H39NO11. The molecule has 42 heavy (non-hydrogen) atoms. The van der Waals surface area contributed by atoms with Crippen LogP contribution in [0.1, 0.15) is 24.0 Å². The molecule has 0 spiro atoms. The number of aliphatic hydroxyl groups is 5. The van der Waals surface area contributed by atoms with Gasteiger partial charge in [0, 0.05) is 12.6 Å². The van der Waals surface area contributed by atoms with E-state index in [4.69, 9.17) is 49.6 Å². The molecule has 0 saturated carbocycles. The molecule has 0 aliphatic carbocycles. The summed E-state index contributed by atoms with van der Waals surface area (Å²) in [4.78, 5) is 12.7. The predicted molar refractivity (Wildman–Crippen MR) is 154 cm³/mol. The van der Waals surface area contributed by atoms with Crippen LogP contribution in [-0.4, -0.2) is 114 Å². The van der Waals surface area contributed by atoms with Crippen LogP contribution >= 0.6 is 0 Å². The van der Waals surface area contributed by atoms with Crippen molar-refractivity contribution in [3.05, 3.63) is 35.4 Å². The van der Waals surface area contributed by atoms with Gasteiger partial charge in [-0.1, -0.05) is 0 Å². The Morgan fingerprint density at radius 2 is 1.29 bits per heavy atom. The van der Waals surface area contributed by atoms with Gasteiger partial charge in [-0.3, -0.25) is 4.90 Å². The van der Waals surface area contributed by atoms with Gasteiger partial charge in [0.25, 0.3) is 0 Å². The van der Waals surface area contributed by atoms with Crippen LogP contribution in [0.15, 0.2) is 24.3 Å². The van der Waals surface area contributed by atoms with Crippen molar-refractivity contribution in [3.63, 3.8) is 0 Å². The maximum absolute atomic E-state index is 10.1. The maximum atomic E-state index is 10.1. The van der Waals surface area contributed by atoms with E-state index in [1.54, 1.807) is 28.4 Å². The van der Waals surface area contributed by atoms with Gasteiger partial charge in [0.2, 0.25) is 0 Å². The Morgan fingerprint density at radius 3 is 1.74 bits per heavy atom. The van der Waals surface area contributed by atoms with E-state index in [-0.39, 0.29) is 0 Å². The minimum Gasteiger partial charge on any atom is -0.493 e. The Bertz CT molecular complexity index is 1340. The highest BCUT2D eigenvalue weighted by molar-refractivity contribution is 6.12. The minimum absolute atomic E-state index is 0.636. The Hall–Kier alpha value is -3.39. The number of nitrogens with zero attached hydrogens (tertiary/aromatic N) is 1. The summed E-state index contributed by atoms with van der Waals surface area (Å²) < 4.78 is 22.5. The summed E-state index contributed by atoms with van der Waals surface area (Å²) in [5.74, 6) is 1.30. The van der Waals surface area contributed by atoms with Crippen molar-refractivity contribution in [3.8, 4) is 23.0 Å². The molecule has 2 aliphatic rings. The van der Waals surface area contributed by atoms with E-state index in [2.05, 4.69) is 29.2 Å². The zero-order valence-corrected chi connectivity index (χ0v) is 24.1. The normalized spacial score (nSPS) is 19.1. The lowest BCUT2D eigenvalue weighted by Crippen LogP contribution is -2.48. The van der Waals surface area contributed by atoms with E-state index in [9.17, 15) is 4.79 Å². The second-order valence-electron chi connectivity index (χ2n) is 10.4. The second kappa shape index (κ2) is 13.3. The van der Waals surface area contributed by atoms with E-state index in [1.165, 1.54) is 46.7 Å². The minimum atomic E-state index is -2.20. The lowest BCUT2D eigenvalue weighted by molar-refractivity contribution is -0.164. The number of carbonyl (C=O) groups is 1. The molecule has 5 atom stereocenters. The third-order valence-electron chi connectivity index (χ3n) is 8.16. The van der Waals surface area contributed by atoms with Crippen LogP contribution in [0.2, 0.25) is 0 Å². The average Bonchev–Trinajstić information content (AvgIpc) is 3.48. The van der Waals surface area contributed by atoms with Gasteiger partial charge in [-0.15, -0.1) is 0 Å². The van der Waals surface area contributed by atoms with Crippen molar-refractivity contribution in [2.75, 3.05) is 41.6 Å². The highest BCUT2D eigenvalue weighted by Crippen LogP contribution is 2.46. The summed E-state index contributed by atoms with van der Waals surface area (Å²) in [6, 6.07) is 9.12. The summed E-state index contributed by atoms with van der Waals surface area (Å²) in [6.45, 7) is 1.32. The van der Waals surface area contributed by atoms with Crippen molar-refractivity contribution in [1.29, 1.82) is 0 Å². The lowest BCUT2D eigenvalue weighted by atomic mass is 9.85. The molecule has 12 heteroatoms. The highest BCUT2D eigenvalue weighted by atomic mass is 16.5. The molecule has 2 heterocycles. The smallest absolute Gasteiger partial charge is 0.335 e. The molecule has 1 fully saturated rings. The van der Waals surface area contributed by atoms with Gasteiger partial charge in [-0.25, -0.2) is 4.79 Å². The van der Waals surface area contributed by atoms with Gasteiger partial charge < -0.3 is 49.6 Å². The maximum Gasteiger partial charge on any atom is 0.335 e. The molecule has 12 nitrogen and oxygen atoms in total. The molecule has 0 radical (unpaired) electrons. The van der Waals surface area contributed by atoms with Gasteiger partial charge in [-0.05, 0) is 82.7 Å². The van der Waals surface area contributed by atoms with Gasteiger partial charge in [0.1, 0.15) is 18.3 Å². The first-order valence-corrected chi connectivity index (χ1v) is 13.6. The number of ether oxygens (including phenoxy) is 4. The number of fused-ring (bicyclic) bond motifs is 7. The summed E-state index contributed by atoms with van der Waals surface area (Å²) in [7, 11) is 6.76. The van der Waals surface area contributed by atoms with Crippen molar-refractivity contribution in [2.24, 2.45) is 0 Å². The van der Waals surface area contributed by atoms with Gasteiger partial charge in [-0.2, -0.15) is 0 Å². The topological polar surface area (TPSA) is 179 Å². The van der Waals surface area contributed by atoms with E-state index in [0.29, 0.717) is 6.04 Å². The second-order valence-corrected chi connectivity index (χ2v) is 10.4. The summed E-state index contributed by atoms with van der Waals surface area (Å²) in [6.07, 6.45) is -4.21. The van der Waals surface area contributed by atoms with Crippen molar-refractivity contribution < 1.29 is 54.4 Å². The summed E-state index contributed by atoms with van der Waals surface area (Å²) in [5.41, 5.74) is 2.84. The number of hydrogen-bond acceptors (Lipinski definition) is 11. The molecule has 1 saturated heterocycles. The zero-order valence-electron chi connectivity index (χ0n) is 24.1. The van der Waals surface area contributed by atoms with Crippen LogP contribution < -0.4 is 18.9 Å². The number of benzene rings is 3.